The molecule has 1 N–H and O–H groups in total. The summed E-state index contributed by atoms with van der Waals surface area (Å²) in [7, 11) is 0. The number of carbonyl (C=O) groups excluding carboxylic acids is 2. The molecule has 0 fully saturated rings. The van der Waals surface area contributed by atoms with Gasteiger partial charge < -0.3 is 10.2 Å². The molecule has 0 atom stereocenters. The smallest absolute Gasteiger partial charge is 0.265 e. The summed E-state index contributed by atoms with van der Waals surface area (Å²) in [6.07, 6.45) is 1.81. The molecule has 0 aliphatic carbocycles. The summed E-state index contributed by atoms with van der Waals surface area (Å²) in [5.74, 6) is -0.121. The Labute approximate surface area is 168 Å². The Morgan fingerprint density at radius 1 is 1.11 bits per heavy atom. The minimum absolute atomic E-state index is 0.00991. The number of fused-ring (bicyclic) bond motifs is 1. The van der Waals surface area contributed by atoms with Gasteiger partial charge in [-0.25, -0.2) is 0 Å². The summed E-state index contributed by atoms with van der Waals surface area (Å²) in [5.41, 5.74) is 4.71. The van der Waals surface area contributed by atoms with Crippen LogP contribution in [0.1, 0.15) is 43.0 Å². The minimum atomic E-state index is -0.111. The molecule has 0 unspecified atom stereocenters. The quantitative estimate of drug-likeness (QED) is 0.676. The number of hydrogen-bond acceptors (Lipinski definition) is 3. The van der Waals surface area contributed by atoms with Crippen molar-refractivity contribution in [2.24, 2.45) is 0 Å². The summed E-state index contributed by atoms with van der Waals surface area (Å²) in [6.45, 7) is 4.83. The molecule has 1 aliphatic rings. The van der Waals surface area contributed by atoms with Crippen molar-refractivity contribution in [2.75, 3.05) is 16.8 Å². The van der Waals surface area contributed by atoms with Gasteiger partial charge in [0, 0.05) is 28.4 Å². The van der Waals surface area contributed by atoms with Gasteiger partial charge in [0.05, 0.1) is 4.88 Å². The average Bonchev–Trinajstić information content (AvgIpc) is 3.31. The SMILES string of the molecule is CCc1cc(C(=O)Nc2ccc(C(=O)N3CCc4ccccc43)cc2)sc1C. The van der Waals surface area contributed by atoms with Gasteiger partial charge in [0.2, 0.25) is 0 Å². The van der Waals surface area contributed by atoms with Crippen LogP contribution in [0.5, 0.6) is 0 Å². The van der Waals surface area contributed by atoms with E-state index >= 15 is 0 Å². The van der Waals surface area contributed by atoms with Gasteiger partial charge in [-0.1, -0.05) is 25.1 Å². The van der Waals surface area contributed by atoms with Crippen molar-refractivity contribution in [1.82, 2.24) is 0 Å². The first-order chi connectivity index (χ1) is 13.6. The van der Waals surface area contributed by atoms with Crippen LogP contribution in [-0.4, -0.2) is 18.4 Å². The highest BCUT2D eigenvalue weighted by Crippen LogP contribution is 2.29. The largest absolute Gasteiger partial charge is 0.321 e. The zero-order valence-corrected chi connectivity index (χ0v) is 16.8. The number of amides is 2. The number of rotatable bonds is 4. The van der Waals surface area contributed by atoms with E-state index in [1.165, 1.54) is 27.3 Å². The Bertz CT molecular complexity index is 1040. The zero-order valence-electron chi connectivity index (χ0n) is 16.0. The van der Waals surface area contributed by atoms with Crippen LogP contribution < -0.4 is 10.2 Å². The standard InChI is InChI=1S/C23H22N2O2S/c1-3-16-14-21(28-15(16)2)22(26)24-19-10-8-18(9-11-19)23(27)25-13-12-17-6-4-5-7-20(17)25/h4-11,14H,3,12-13H2,1-2H3,(H,24,26). The maximum Gasteiger partial charge on any atom is 0.265 e. The van der Waals surface area contributed by atoms with Crippen LogP contribution in [0.25, 0.3) is 0 Å². The van der Waals surface area contributed by atoms with E-state index in [1.807, 2.05) is 36.1 Å². The second-order valence-electron chi connectivity index (χ2n) is 6.91. The molecule has 0 saturated carbocycles. The molecule has 0 radical (unpaired) electrons. The average molecular weight is 391 g/mol. The van der Waals surface area contributed by atoms with Crippen molar-refractivity contribution in [3.05, 3.63) is 81.0 Å². The van der Waals surface area contributed by atoms with Crippen molar-refractivity contribution in [2.45, 2.75) is 26.7 Å². The molecule has 4 nitrogen and oxygen atoms in total. The van der Waals surface area contributed by atoms with E-state index in [-0.39, 0.29) is 11.8 Å². The Morgan fingerprint density at radius 3 is 2.57 bits per heavy atom. The van der Waals surface area contributed by atoms with E-state index in [0.717, 1.165) is 18.5 Å². The van der Waals surface area contributed by atoms with Crippen LogP contribution in [0.3, 0.4) is 0 Å². The number of anilines is 2. The summed E-state index contributed by atoms with van der Waals surface area (Å²) in [5, 5.41) is 2.92. The van der Waals surface area contributed by atoms with Crippen molar-refractivity contribution in [3.8, 4) is 0 Å². The van der Waals surface area contributed by atoms with E-state index in [4.69, 9.17) is 0 Å². The fraction of sp³-hybridized carbons (Fsp3) is 0.217. The van der Waals surface area contributed by atoms with Gasteiger partial charge in [-0.05, 0) is 67.3 Å². The number of aryl methyl sites for hydroxylation is 2. The molecule has 28 heavy (non-hydrogen) atoms. The number of hydrogen-bond donors (Lipinski definition) is 1. The number of carbonyl (C=O) groups is 2. The Hall–Kier alpha value is -2.92. The molecule has 4 rings (SSSR count). The molecule has 0 spiro atoms. The molecule has 142 valence electrons. The molecule has 0 bridgehead atoms. The first-order valence-electron chi connectivity index (χ1n) is 9.47. The van der Waals surface area contributed by atoms with Gasteiger partial charge in [0.15, 0.2) is 0 Å². The summed E-state index contributed by atoms with van der Waals surface area (Å²) in [6, 6.07) is 17.1. The van der Waals surface area contributed by atoms with Crippen LogP contribution in [0.4, 0.5) is 11.4 Å². The second-order valence-corrected chi connectivity index (χ2v) is 8.17. The summed E-state index contributed by atoms with van der Waals surface area (Å²) >= 11 is 1.51. The Morgan fingerprint density at radius 2 is 1.86 bits per heavy atom. The summed E-state index contributed by atoms with van der Waals surface area (Å²) in [4.78, 5) is 29.1. The molecular formula is C23H22N2O2S. The topological polar surface area (TPSA) is 49.4 Å². The molecular weight excluding hydrogens is 368 g/mol. The van der Waals surface area contributed by atoms with E-state index in [1.54, 1.807) is 24.3 Å². The summed E-state index contributed by atoms with van der Waals surface area (Å²) < 4.78 is 0. The lowest BCUT2D eigenvalue weighted by Gasteiger charge is -2.17. The first-order valence-corrected chi connectivity index (χ1v) is 10.3. The van der Waals surface area contributed by atoms with Gasteiger partial charge in [-0.2, -0.15) is 0 Å². The molecule has 1 aliphatic heterocycles. The molecule has 3 aromatic rings. The van der Waals surface area contributed by atoms with Gasteiger partial charge in [0.1, 0.15) is 0 Å². The third kappa shape index (κ3) is 3.45. The Kier molecular flexibility index (Phi) is 5.01. The van der Waals surface area contributed by atoms with Gasteiger partial charge >= 0.3 is 0 Å². The first kappa shape index (κ1) is 18.4. The predicted molar refractivity (Wildman–Crippen MR) is 115 cm³/mol. The van der Waals surface area contributed by atoms with Crippen LogP contribution in [0, 0.1) is 6.92 Å². The zero-order chi connectivity index (χ0) is 19.7. The molecule has 2 heterocycles. The molecule has 1 aromatic heterocycles. The lowest BCUT2D eigenvalue weighted by atomic mass is 10.1. The maximum absolute atomic E-state index is 12.9. The highest BCUT2D eigenvalue weighted by molar-refractivity contribution is 7.14. The highest BCUT2D eigenvalue weighted by Gasteiger charge is 2.25. The lowest BCUT2D eigenvalue weighted by molar-refractivity contribution is 0.0988. The molecule has 2 aromatic carbocycles. The predicted octanol–water partition coefficient (Wildman–Crippen LogP) is 5.07. The number of nitrogens with one attached hydrogen (secondary N) is 1. The lowest BCUT2D eigenvalue weighted by Crippen LogP contribution is -2.28. The number of thiophene rings is 1. The van der Waals surface area contributed by atoms with E-state index in [9.17, 15) is 9.59 Å². The molecule has 5 heteroatoms. The number of benzene rings is 2. The molecule has 0 saturated heterocycles. The third-order valence-electron chi connectivity index (χ3n) is 5.15. The van der Waals surface area contributed by atoms with Crippen LogP contribution in [-0.2, 0) is 12.8 Å². The van der Waals surface area contributed by atoms with Crippen molar-refractivity contribution in [3.63, 3.8) is 0 Å². The second kappa shape index (κ2) is 7.60. The van der Waals surface area contributed by atoms with Crippen molar-refractivity contribution < 1.29 is 9.59 Å². The highest BCUT2D eigenvalue weighted by atomic mass is 32.1. The monoisotopic (exact) mass is 390 g/mol. The van der Waals surface area contributed by atoms with Crippen LogP contribution in [0.2, 0.25) is 0 Å². The van der Waals surface area contributed by atoms with Crippen LogP contribution in [0.15, 0.2) is 54.6 Å². The van der Waals surface area contributed by atoms with Crippen molar-refractivity contribution >= 4 is 34.5 Å². The third-order valence-corrected chi connectivity index (χ3v) is 6.24. The normalized spacial score (nSPS) is 12.7. The minimum Gasteiger partial charge on any atom is -0.321 e. The number of nitrogens with zero attached hydrogens (tertiary/aromatic N) is 1. The van der Waals surface area contributed by atoms with E-state index in [0.29, 0.717) is 22.7 Å². The van der Waals surface area contributed by atoms with E-state index < -0.39 is 0 Å². The maximum atomic E-state index is 12.9. The fourth-order valence-electron chi connectivity index (χ4n) is 3.58. The number of para-hydroxylation sites is 1. The van der Waals surface area contributed by atoms with Crippen molar-refractivity contribution in [1.29, 1.82) is 0 Å². The van der Waals surface area contributed by atoms with Gasteiger partial charge in [-0.3, -0.25) is 9.59 Å². The van der Waals surface area contributed by atoms with Gasteiger partial charge in [0.25, 0.3) is 11.8 Å². The fourth-order valence-corrected chi connectivity index (χ4v) is 4.59. The Balaban J connectivity index is 1.47. The van der Waals surface area contributed by atoms with Gasteiger partial charge in [-0.15, -0.1) is 11.3 Å². The van der Waals surface area contributed by atoms with Crippen LogP contribution >= 0.6 is 11.3 Å². The molecule has 2 amide bonds. The van der Waals surface area contributed by atoms with E-state index in [2.05, 4.69) is 18.3 Å².